The normalized spacial score (nSPS) is 12.5. The molecule has 1 aromatic heterocycles. The van der Waals surface area contributed by atoms with Crippen LogP contribution >= 0.6 is 38.9 Å². The molecule has 0 aliphatic heterocycles. The minimum absolute atomic E-state index is 0.496. The van der Waals surface area contributed by atoms with Gasteiger partial charge in [-0.15, -0.1) is 11.3 Å². The smallest absolute Gasteiger partial charge is 0.0762 e. The van der Waals surface area contributed by atoms with Crippen LogP contribution in [0.25, 0.3) is 0 Å². The number of aliphatic hydroxyl groups is 1. The predicted molar refractivity (Wildman–Crippen MR) is 86.2 cm³/mol. The van der Waals surface area contributed by atoms with Gasteiger partial charge in [0.2, 0.25) is 0 Å². The summed E-state index contributed by atoms with van der Waals surface area (Å²) in [7, 11) is 2.01. The van der Waals surface area contributed by atoms with Crippen molar-refractivity contribution in [2.24, 2.45) is 0 Å². The highest BCUT2D eigenvalue weighted by Crippen LogP contribution is 2.30. The van der Waals surface area contributed by atoms with Gasteiger partial charge in [0.15, 0.2) is 0 Å². The van der Waals surface area contributed by atoms with Gasteiger partial charge in [0.25, 0.3) is 0 Å². The fourth-order valence-corrected chi connectivity index (χ4v) is 3.41. The molecule has 5 heteroatoms. The number of hydrogen-bond acceptors (Lipinski definition) is 3. The van der Waals surface area contributed by atoms with Crippen molar-refractivity contribution in [2.75, 3.05) is 11.9 Å². The molecule has 0 unspecified atom stereocenters. The number of rotatable bonds is 4. The topological polar surface area (TPSA) is 23.5 Å². The van der Waals surface area contributed by atoms with E-state index in [4.69, 9.17) is 11.6 Å². The van der Waals surface area contributed by atoms with Gasteiger partial charge in [0.1, 0.15) is 0 Å². The highest BCUT2D eigenvalue weighted by Gasteiger charge is 2.10. The molecule has 2 nitrogen and oxygen atoms in total. The molecule has 0 radical (unpaired) electrons. The Hall–Kier alpha value is -0.550. The summed E-state index contributed by atoms with van der Waals surface area (Å²) in [4.78, 5) is 2.10. The Morgan fingerprint density at radius 2 is 2.16 bits per heavy atom. The van der Waals surface area contributed by atoms with E-state index < -0.39 is 6.10 Å². The van der Waals surface area contributed by atoms with Crippen LogP contribution < -0.4 is 4.90 Å². The van der Waals surface area contributed by atoms with E-state index >= 15 is 0 Å². The number of nitrogens with zero attached hydrogens (tertiary/aromatic N) is 1. The van der Waals surface area contributed by atoms with Gasteiger partial charge in [0, 0.05) is 13.6 Å². The van der Waals surface area contributed by atoms with E-state index in [2.05, 4.69) is 32.3 Å². The van der Waals surface area contributed by atoms with Crippen molar-refractivity contribution in [3.05, 3.63) is 49.6 Å². The first-order valence-corrected chi connectivity index (χ1v) is 7.94. The Kier molecular flexibility index (Phi) is 4.90. The molecule has 0 amide bonds. The lowest BCUT2D eigenvalue weighted by Gasteiger charge is -2.21. The van der Waals surface area contributed by atoms with Crippen LogP contribution in [0.1, 0.15) is 24.2 Å². The molecule has 1 atom stereocenters. The quantitative estimate of drug-likeness (QED) is 0.842. The second-order valence-electron chi connectivity index (χ2n) is 4.50. The lowest BCUT2D eigenvalue weighted by Crippen LogP contribution is -2.16. The zero-order valence-electron chi connectivity index (χ0n) is 10.7. The summed E-state index contributed by atoms with van der Waals surface area (Å²) >= 11 is 11.4. The fraction of sp³-hybridized carbons (Fsp3) is 0.286. The molecule has 0 spiro atoms. The van der Waals surface area contributed by atoms with E-state index in [1.165, 1.54) is 5.56 Å². The van der Waals surface area contributed by atoms with Crippen molar-refractivity contribution in [1.82, 2.24) is 0 Å². The van der Waals surface area contributed by atoms with Gasteiger partial charge in [0.05, 0.1) is 20.6 Å². The maximum atomic E-state index is 9.54. The van der Waals surface area contributed by atoms with E-state index in [-0.39, 0.29) is 0 Å². The highest BCUT2D eigenvalue weighted by molar-refractivity contribution is 9.11. The molecule has 2 aromatic rings. The van der Waals surface area contributed by atoms with Crippen LogP contribution in [-0.4, -0.2) is 12.2 Å². The number of halogens is 2. The molecule has 0 aliphatic carbocycles. The van der Waals surface area contributed by atoms with Gasteiger partial charge in [-0.05, 0) is 57.6 Å². The number of hydrogen-bond donors (Lipinski definition) is 1. The first kappa shape index (κ1) is 14.9. The largest absolute Gasteiger partial charge is 0.389 e. The summed E-state index contributed by atoms with van der Waals surface area (Å²) in [5.41, 5.74) is 3.05. The van der Waals surface area contributed by atoms with Crippen LogP contribution in [-0.2, 0) is 6.54 Å². The van der Waals surface area contributed by atoms with Gasteiger partial charge in [-0.25, -0.2) is 0 Å². The summed E-state index contributed by atoms with van der Waals surface area (Å²) in [6, 6.07) is 7.79. The second kappa shape index (κ2) is 6.27. The number of benzene rings is 1. The summed E-state index contributed by atoms with van der Waals surface area (Å²) in [6.45, 7) is 2.54. The molecule has 1 aromatic carbocycles. The van der Waals surface area contributed by atoms with Crippen LogP contribution in [0.15, 0.2) is 33.4 Å². The van der Waals surface area contributed by atoms with Gasteiger partial charge >= 0.3 is 0 Å². The lowest BCUT2D eigenvalue weighted by atomic mass is 10.1. The number of aliphatic hydroxyl groups excluding tert-OH is 1. The number of thiophene rings is 1. The van der Waals surface area contributed by atoms with Crippen molar-refractivity contribution < 1.29 is 5.11 Å². The fourth-order valence-electron chi connectivity index (χ4n) is 1.88. The van der Waals surface area contributed by atoms with E-state index in [0.29, 0.717) is 5.02 Å². The lowest BCUT2D eigenvalue weighted by molar-refractivity contribution is 0.199. The average molecular weight is 361 g/mol. The molecule has 1 heterocycles. The Labute approximate surface area is 130 Å². The molecule has 0 aliphatic rings. The predicted octanol–water partition coefficient (Wildman–Crippen LogP) is 4.85. The summed E-state index contributed by atoms with van der Waals surface area (Å²) in [6.07, 6.45) is -0.496. The molecule has 19 heavy (non-hydrogen) atoms. The second-order valence-corrected chi connectivity index (χ2v) is 7.20. The third kappa shape index (κ3) is 3.72. The zero-order chi connectivity index (χ0) is 14.0. The van der Waals surface area contributed by atoms with Gasteiger partial charge < -0.3 is 10.0 Å². The van der Waals surface area contributed by atoms with Crippen LogP contribution in [0, 0.1) is 0 Å². The molecule has 0 fully saturated rings. The first-order chi connectivity index (χ1) is 8.97. The minimum Gasteiger partial charge on any atom is -0.389 e. The van der Waals surface area contributed by atoms with E-state index in [9.17, 15) is 5.11 Å². The van der Waals surface area contributed by atoms with Crippen molar-refractivity contribution in [3.8, 4) is 0 Å². The maximum Gasteiger partial charge on any atom is 0.0762 e. The van der Waals surface area contributed by atoms with Crippen LogP contribution in [0.4, 0.5) is 5.69 Å². The Morgan fingerprint density at radius 3 is 2.68 bits per heavy atom. The molecule has 0 saturated heterocycles. The number of anilines is 1. The molecule has 2 rings (SSSR count). The molecule has 0 bridgehead atoms. The van der Waals surface area contributed by atoms with Crippen molar-refractivity contribution in [2.45, 2.75) is 19.6 Å². The molecular formula is C14H15BrClNOS. The third-order valence-corrected chi connectivity index (χ3v) is 4.76. The molecule has 1 N–H and O–H groups in total. The van der Waals surface area contributed by atoms with E-state index in [0.717, 1.165) is 21.6 Å². The van der Waals surface area contributed by atoms with Crippen LogP contribution in [0.3, 0.4) is 0 Å². The maximum absolute atomic E-state index is 9.54. The summed E-state index contributed by atoms with van der Waals surface area (Å²) < 4.78 is 1.13. The van der Waals surface area contributed by atoms with Crippen molar-refractivity contribution in [3.63, 3.8) is 0 Å². The zero-order valence-corrected chi connectivity index (χ0v) is 13.9. The average Bonchev–Trinajstić information content (AvgIpc) is 2.74. The monoisotopic (exact) mass is 359 g/mol. The molecule has 102 valence electrons. The summed E-state index contributed by atoms with van der Waals surface area (Å²) in [5, 5.41) is 12.3. The van der Waals surface area contributed by atoms with E-state index in [1.54, 1.807) is 18.3 Å². The molecular weight excluding hydrogens is 346 g/mol. The van der Waals surface area contributed by atoms with Gasteiger partial charge in [-0.3, -0.25) is 0 Å². The first-order valence-electron chi connectivity index (χ1n) is 5.89. The Bertz CT molecular complexity index is 570. The molecule has 0 saturated carbocycles. The minimum atomic E-state index is -0.496. The van der Waals surface area contributed by atoms with E-state index in [1.807, 2.05) is 25.2 Å². The van der Waals surface area contributed by atoms with Gasteiger partial charge in [-0.2, -0.15) is 0 Å². The third-order valence-electron chi connectivity index (χ3n) is 2.91. The summed E-state index contributed by atoms with van der Waals surface area (Å²) in [5.74, 6) is 0. The highest BCUT2D eigenvalue weighted by atomic mass is 79.9. The van der Waals surface area contributed by atoms with Crippen LogP contribution in [0.2, 0.25) is 5.02 Å². The van der Waals surface area contributed by atoms with Gasteiger partial charge in [-0.1, -0.05) is 17.7 Å². The standard InChI is InChI=1S/C14H15BrClNOS/c1-9(18)11-3-4-13(12(16)6-11)17(2)7-10-5-14(15)19-8-10/h3-6,8-9,18H,7H2,1-2H3/t9-/m0/s1. The van der Waals surface area contributed by atoms with Crippen LogP contribution in [0.5, 0.6) is 0 Å². The Morgan fingerprint density at radius 1 is 1.42 bits per heavy atom. The Balaban J connectivity index is 2.17. The SMILES string of the molecule is C[C@H](O)c1ccc(N(C)Cc2csc(Br)c2)c(Cl)c1. The van der Waals surface area contributed by atoms with Crippen molar-refractivity contribution in [1.29, 1.82) is 0 Å². The van der Waals surface area contributed by atoms with Crippen molar-refractivity contribution >= 4 is 44.6 Å².